The largest absolute Gasteiger partial charge is 0.481 e. The van der Waals surface area contributed by atoms with Crippen molar-refractivity contribution in [2.24, 2.45) is 5.92 Å². The van der Waals surface area contributed by atoms with Crippen molar-refractivity contribution in [1.82, 2.24) is 0 Å². The standard InChI is InChI=1S/C13H16N2O4/c16-13(17)9-4-6-10(7-5-9)14-11-2-1-3-12(8-11)15(18)19/h1-3,8-10,14H,4-7H2,(H,16,17). The van der Waals surface area contributed by atoms with Crippen LogP contribution >= 0.6 is 0 Å². The second-order valence-electron chi connectivity index (χ2n) is 4.84. The fourth-order valence-corrected chi connectivity index (χ4v) is 2.43. The molecule has 0 radical (unpaired) electrons. The number of carbonyl (C=O) groups is 1. The zero-order valence-electron chi connectivity index (χ0n) is 10.4. The molecule has 1 aliphatic rings. The molecule has 19 heavy (non-hydrogen) atoms. The quantitative estimate of drug-likeness (QED) is 0.644. The van der Waals surface area contributed by atoms with Crippen molar-refractivity contribution in [2.45, 2.75) is 31.7 Å². The summed E-state index contributed by atoms with van der Waals surface area (Å²) in [6, 6.07) is 6.58. The Kier molecular flexibility index (Phi) is 3.99. The molecule has 0 aliphatic heterocycles. The predicted molar refractivity (Wildman–Crippen MR) is 70.1 cm³/mol. The van der Waals surface area contributed by atoms with Crippen LogP contribution in [0.3, 0.4) is 0 Å². The third-order valence-corrected chi connectivity index (χ3v) is 3.50. The lowest BCUT2D eigenvalue weighted by Crippen LogP contribution is -2.29. The highest BCUT2D eigenvalue weighted by Crippen LogP contribution is 2.27. The van der Waals surface area contributed by atoms with E-state index in [-0.39, 0.29) is 17.6 Å². The van der Waals surface area contributed by atoms with Crippen molar-refractivity contribution in [2.75, 3.05) is 5.32 Å². The summed E-state index contributed by atoms with van der Waals surface area (Å²) in [7, 11) is 0. The lowest BCUT2D eigenvalue weighted by Gasteiger charge is -2.27. The molecule has 0 heterocycles. The van der Waals surface area contributed by atoms with E-state index >= 15 is 0 Å². The third kappa shape index (κ3) is 3.43. The minimum Gasteiger partial charge on any atom is -0.481 e. The molecule has 0 aromatic heterocycles. The first kappa shape index (κ1) is 13.3. The Balaban J connectivity index is 1.94. The first-order chi connectivity index (χ1) is 9.06. The Bertz CT molecular complexity index is 481. The number of benzene rings is 1. The van der Waals surface area contributed by atoms with Crippen LogP contribution < -0.4 is 5.32 Å². The van der Waals surface area contributed by atoms with Crippen LogP contribution in [0, 0.1) is 16.0 Å². The summed E-state index contributed by atoms with van der Waals surface area (Å²) in [5.74, 6) is -0.975. The van der Waals surface area contributed by atoms with Gasteiger partial charge in [-0.25, -0.2) is 0 Å². The number of hydrogen-bond donors (Lipinski definition) is 2. The molecule has 6 nitrogen and oxygen atoms in total. The van der Waals surface area contributed by atoms with Crippen LogP contribution in [-0.2, 0) is 4.79 Å². The second kappa shape index (κ2) is 5.69. The number of carboxylic acid groups (broad SMARTS) is 1. The molecular formula is C13H16N2O4. The first-order valence-corrected chi connectivity index (χ1v) is 6.30. The molecule has 0 saturated heterocycles. The van der Waals surface area contributed by atoms with Gasteiger partial charge in [0, 0.05) is 23.9 Å². The highest BCUT2D eigenvalue weighted by Gasteiger charge is 2.25. The Morgan fingerprint density at radius 3 is 2.58 bits per heavy atom. The molecule has 0 amide bonds. The maximum atomic E-state index is 10.8. The number of carboxylic acids is 1. The highest BCUT2D eigenvalue weighted by molar-refractivity contribution is 5.70. The molecule has 0 atom stereocenters. The second-order valence-corrected chi connectivity index (χ2v) is 4.84. The number of anilines is 1. The Morgan fingerprint density at radius 2 is 2.00 bits per heavy atom. The van der Waals surface area contributed by atoms with Gasteiger partial charge in [0.05, 0.1) is 10.8 Å². The maximum Gasteiger partial charge on any atom is 0.306 e. The summed E-state index contributed by atoms with van der Waals surface area (Å²) < 4.78 is 0. The molecule has 1 aliphatic carbocycles. The molecule has 2 N–H and O–H groups in total. The number of nitro benzene ring substituents is 1. The van der Waals surface area contributed by atoms with Gasteiger partial charge in [0.2, 0.25) is 0 Å². The molecule has 1 aromatic carbocycles. The van der Waals surface area contributed by atoms with Gasteiger partial charge in [0.15, 0.2) is 0 Å². The lowest BCUT2D eigenvalue weighted by atomic mass is 9.86. The summed E-state index contributed by atoms with van der Waals surface area (Å²) in [5, 5.41) is 22.8. The van der Waals surface area contributed by atoms with Crippen molar-refractivity contribution in [3.05, 3.63) is 34.4 Å². The lowest BCUT2D eigenvalue weighted by molar-refractivity contribution is -0.384. The predicted octanol–water partition coefficient (Wildman–Crippen LogP) is 2.65. The molecule has 6 heteroatoms. The van der Waals surface area contributed by atoms with Crippen molar-refractivity contribution in [3.8, 4) is 0 Å². The molecule has 0 bridgehead atoms. The average Bonchev–Trinajstić information content (AvgIpc) is 2.39. The van der Waals surface area contributed by atoms with Crippen LogP contribution in [0.5, 0.6) is 0 Å². The van der Waals surface area contributed by atoms with Gasteiger partial charge in [-0.3, -0.25) is 14.9 Å². The third-order valence-electron chi connectivity index (χ3n) is 3.50. The summed E-state index contributed by atoms with van der Waals surface area (Å²) in [5.41, 5.74) is 0.775. The van der Waals surface area contributed by atoms with Crippen molar-refractivity contribution >= 4 is 17.3 Å². The van der Waals surface area contributed by atoms with Crippen molar-refractivity contribution < 1.29 is 14.8 Å². The number of non-ortho nitro benzene ring substituents is 1. The molecular weight excluding hydrogens is 248 g/mol. The van der Waals surface area contributed by atoms with E-state index in [2.05, 4.69) is 5.32 Å². The van der Waals surface area contributed by atoms with E-state index in [1.807, 2.05) is 0 Å². The van der Waals surface area contributed by atoms with E-state index in [4.69, 9.17) is 5.11 Å². The van der Waals surface area contributed by atoms with E-state index < -0.39 is 10.9 Å². The number of nitrogens with zero attached hydrogens (tertiary/aromatic N) is 1. The summed E-state index contributed by atoms with van der Waals surface area (Å²) in [6.45, 7) is 0. The van der Waals surface area contributed by atoms with Crippen molar-refractivity contribution in [1.29, 1.82) is 0 Å². The smallest absolute Gasteiger partial charge is 0.306 e. The molecule has 0 unspecified atom stereocenters. The minimum atomic E-state index is -0.728. The topological polar surface area (TPSA) is 92.5 Å². The van der Waals surface area contributed by atoms with Crippen LogP contribution in [-0.4, -0.2) is 22.0 Å². The zero-order chi connectivity index (χ0) is 13.8. The molecule has 1 fully saturated rings. The van der Waals surface area contributed by atoms with Gasteiger partial charge in [0.1, 0.15) is 0 Å². The monoisotopic (exact) mass is 264 g/mol. The Labute approximate surface area is 110 Å². The number of nitro groups is 1. The van der Waals surface area contributed by atoms with Gasteiger partial charge in [0.25, 0.3) is 5.69 Å². The number of rotatable bonds is 4. The van der Waals surface area contributed by atoms with Crippen LogP contribution in [0.1, 0.15) is 25.7 Å². The SMILES string of the molecule is O=C(O)C1CCC(Nc2cccc([N+](=O)[O-])c2)CC1. The normalized spacial score (nSPS) is 22.7. The first-order valence-electron chi connectivity index (χ1n) is 6.30. The highest BCUT2D eigenvalue weighted by atomic mass is 16.6. The van der Waals surface area contributed by atoms with E-state index in [1.165, 1.54) is 12.1 Å². The Morgan fingerprint density at radius 1 is 1.32 bits per heavy atom. The molecule has 0 spiro atoms. The summed E-state index contributed by atoms with van der Waals surface area (Å²) in [6.07, 6.45) is 2.86. The molecule has 1 aromatic rings. The van der Waals surface area contributed by atoms with Gasteiger partial charge in [-0.1, -0.05) is 6.07 Å². The fraction of sp³-hybridized carbons (Fsp3) is 0.462. The van der Waals surface area contributed by atoms with Gasteiger partial charge in [-0.2, -0.15) is 0 Å². The van der Waals surface area contributed by atoms with Gasteiger partial charge in [-0.05, 0) is 31.7 Å². The minimum absolute atomic E-state index is 0.0595. The maximum absolute atomic E-state index is 10.8. The molecule has 1 saturated carbocycles. The van der Waals surface area contributed by atoms with Crippen LogP contribution in [0.25, 0.3) is 0 Å². The van der Waals surface area contributed by atoms with E-state index in [1.54, 1.807) is 12.1 Å². The van der Waals surface area contributed by atoms with Gasteiger partial charge >= 0.3 is 5.97 Å². The average molecular weight is 264 g/mol. The van der Waals surface area contributed by atoms with Crippen LogP contribution in [0.2, 0.25) is 0 Å². The van der Waals surface area contributed by atoms with Crippen LogP contribution in [0.4, 0.5) is 11.4 Å². The Hall–Kier alpha value is -2.11. The van der Waals surface area contributed by atoms with Gasteiger partial charge in [-0.15, -0.1) is 0 Å². The van der Waals surface area contributed by atoms with Crippen LogP contribution in [0.15, 0.2) is 24.3 Å². The number of aliphatic carboxylic acids is 1. The van der Waals surface area contributed by atoms with E-state index in [9.17, 15) is 14.9 Å². The van der Waals surface area contributed by atoms with E-state index in [0.29, 0.717) is 18.5 Å². The molecule has 2 rings (SSSR count). The number of hydrogen-bond acceptors (Lipinski definition) is 4. The van der Waals surface area contributed by atoms with E-state index in [0.717, 1.165) is 12.8 Å². The molecule has 102 valence electrons. The summed E-state index contributed by atoms with van der Waals surface area (Å²) >= 11 is 0. The zero-order valence-corrected chi connectivity index (χ0v) is 10.4. The number of nitrogens with one attached hydrogen (secondary N) is 1. The van der Waals surface area contributed by atoms with Gasteiger partial charge < -0.3 is 10.4 Å². The van der Waals surface area contributed by atoms with Crippen molar-refractivity contribution in [3.63, 3.8) is 0 Å². The summed E-state index contributed by atoms with van der Waals surface area (Å²) in [4.78, 5) is 21.1. The fourth-order valence-electron chi connectivity index (χ4n) is 2.43.